The standard InChI is InChI=1S/C19H16Cl2N6O2S/c1-25-17-14(9-23-25)18(29)27(11-22-17)5-4-16(28)24-19-26(6-7-30-19)10-12-2-3-13(20)8-15(12)21/h2-3,6-9,11H,4-5,10H2,1H3. The van der Waals surface area contributed by atoms with E-state index in [-0.39, 0.29) is 24.4 Å². The monoisotopic (exact) mass is 462 g/mol. The molecule has 30 heavy (non-hydrogen) atoms. The summed E-state index contributed by atoms with van der Waals surface area (Å²) in [7, 11) is 1.72. The molecule has 3 aromatic heterocycles. The average molecular weight is 463 g/mol. The lowest BCUT2D eigenvalue weighted by Gasteiger charge is -2.06. The molecular formula is C19H16Cl2N6O2S. The van der Waals surface area contributed by atoms with Crippen molar-refractivity contribution in [1.29, 1.82) is 0 Å². The molecule has 11 heteroatoms. The number of halogens is 2. The van der Waals surface area contributed by atoms with Crippen LogP contribution in [-0.4, -0.2) is 29.8 Å². The van der Waals surface area contributed by atoms with Crippen LogP contribution in [0.5, 0.6) is 0 Å². The summed E-state index contributed by atoms with van der Waals surface area (Å²) in [4.78, 5) is 33.9. The first-order valence-electron chi connectivity index (χ1n) is 8.95. The molecule has 0 aliphatic heterocycles. The van der Waals surface area contributed by atoms with Crippen molar-refractivity contribution in [3.05, 3.63) is 73.1 Å². The first-order valence-corrected chi connectivity index (χ1v) is 10.6. The lowest BCUT2D eigenvalue weighted by molar-refractivity contribution is -0.118. The van der Waals surface area contributed by atoms with E-state index in [4.69, 9.17) is 23.2 Å². The molecule has 154 valence electrons. The maximum atomic E-state index is 12.5. The molecule has 0 N–H and O–H groups in total. The summed E-state index contributed by atoms with van der Waals surface area (Å²) < 4.78 is 4.77. The second-order valence-corrected chi connectivity index (χ2v) is 8.27. The van der Waals surface area contributed by atoms with Crippen LogP contribution < -0.4 is 10.4 Å². The van der Waals surface area contributed by atoms with E-state index in [9.17, 15) is 9.59 Å². The van der Waals surface area contributed by atoms with Gasteiger partial charge < -0.3 is 4.57 Å². The molecule has 1 aromatic carbocycles. The summed E-state index contributed by atoms with van der Waals surface area (Å²) in [6.07, 6.45) is 4.82. The van der Waals surface area contributed by atoms with E-state index in [1.54, 1.807) is 19.2 Å². The molecule has 0 aliphatic carbocycles. The first kappa shape index (κ1) is 20.5. The Hall–Kier alpha value is -2.75. The van der Waals surface area contributed by atoms with E-state index in [1.807, 2.05) is 22.2 Å². The summed E-state index contributed by atoms with van der Waals surface area (Å²) >= 11 is 13.5. The van der Waals surface area contributed by atoms with Crippen LogP contribution in [0.3, 0.4) is 0 Å². The molecule has 0 spiro atoms. The van der Waals surface area contributed by atoms with Crippen molar-refractivity contribution in [3.63, 3.8) is 0 Å². The highest BCUT2D eigenvalue weighted by Gasteiger charge is 2.10. The zero-order chi connectivity index (χ0) is 21.3. The van der Waals surface area contributed by atoms with Crippen molar-refractivity contribution in [2.75, 3.05) is 0 Å². The summed E-state index contributed by atoms with van der Waals surface area (Å²) in [5.41, 5.74) is 1.15. The molecule has 0 unspecified atom stereocenters. The number of aryl methyl sites for hydroxylation is 2. The van der Waals surface area contributed by atoms with Gasteiger partial charge in [0.15, 0.2) is 10.4 Å². The number of rotatable bonds is 5. The van der Waals surface area contributed by atoms with Gasteiger partial charge in [-0.25, -0.2) is 4.98 Å². The number of carbonyl (C=O) groups excluding carboxylic acids is 1. The fraction of sp³-hybridized carbons (Fsp3) is 0.211. The normalized spacial score (nSPS) is 12.0. The Labute approximate surface area is 184 Å². The van der Waals surface area contributed by atoms with Gasteiger partial charge in [0.2, 0.25) is 5.91 Å². The molecule has 4 aromatic rings. The van der Waals surface area contributed by atoms with Gasteiger partial charge in [0.05, 0.1) is 19.1 Å². The highest BCUT2D eigenvalue weighted by atomic mass is 35.5. The van der Waals surface area contributed by atoms with Gasteiger partial charge in [-0.05, 0) is 17.7 Å². The van der Waals surface area contributed by atoms with Gasteiger partial charge in [-0.1, -0.05) is 29.3 Å². The summed E-state index contributed by atoms with van der Waals surface area (Å²) in [6.45, 7) is 0.653. The van der Waals surface area contributed by atoms with Gasteiger partial charge in [-0.2, -0.15) is 10.1 Å². The molecule has 0 aliphatic rings. The van der Waals surface area contributed by atoms with Gasteiger partial charge in [-0.3, -0.25) is 18.8 Å². The van der Waals surface area contributed by atoms with E-state index in [2.05, 4.69) is 15.1 Å². The van der Waals surface area contributed by atoms with E-state index < -0.39 is 0 Å². The molecule has 0 fully saturated rings. The molecule has 3 heterocycles. The molecule has 0 radical (unpaired) electrons. The minimum absolute atomic E-state index is 0.0763. The molecule has 4 rings (SSSR count). The van der Waals surface area contributed by atoms with Gasteiger partial charge in [0, 0.05) is 41.6 Å². The van der Waals surface area contributed by atoms with Crippen molar-refractivity contribution in [2.24, 2.45) is 12.0 Å². The molecule has 0 bridgehead atoms. The van der Waals surface area contributed by atoms with Crippen molar-refractivity contribution in [1.82, 2.24) is 23.9 Å². The fourth-order valence-corrected chi connectivity index (χ4v) is 4.16. The van der Waals surface area contributed by atoms with Crippen molar-refractivity contribution in [2.45, 2.75) is 19.5 Å². The smallest absolute Gasteiger partial charge is 0.264 e. The number of thiazole rings is 1. The third-order valence-electron chi connectivity index (χ3n) is 4.52. The molecule has 8 nitrogen and oxygen atoms in total. The van der Waals surface area contributed by atoms with Crippen molar-refractivity contribution < 1.29 is 4.79 Å². The van der Waals surface area contributed by atoms with Crippen molar-refractivity contribution >= 4 is 51.5 Å². The lowest BCUT2D eigenvalue weighted by atomic mass is 10.2. The summed E-state index contributed by atoms with van der Waals surface area (Å²) in [5.74, 6) is -0.327. The predicted molar refractivity (Wildman–Crippen MR) is 116 cm³/mol. The average Bonchev–Trinajstić information content (AvgIpc) is 3.30. The first-order chi connectivity index (χ1) is 14.4. The number of aromatic nitrogens is 5. The number of benzene rings is 1. The minimum atomic E-state index is -0.327. The van der Waals surface area contributed by atoms with Gasteiger partial charge >= 0.3 is 0 Å². The summed E-state index contributed by atoms with van der Waals surface area (Å²) in [6, 6.07) is 5.29. The third kappa shape index (κ3) is 4.23. The predicted octanol–water partition coefficient (Wildman–Crippen LogP) is 2.87. The zero-order valence-electron chi connectivity index (χ0n) is 15.8. The lowest BCUT2D eigenvalue weighted by Crippen LogP contribution is -2.22. The van der Waals surface area contributed by atoms with E-state index in [1.165, 1.54) is 33.1 Å². The molecule has 1 amide bonds. The zero-order valence-corrected chi connectivity index (χ0v) is 18.2. The highest BCUT2D eigenvalue weighted by molar-refractivity contribution is 7.07. The number of fused-ring (bicyclic) bond motifs is 1. The summed E-state index contributed by atoms with van der Waals surface area (Å²) in [5, 5.41) is 7.42. The topological polar surface area (TPSA) is 87.1 Å². The highest BCUT2D eigenvalue weighted by Crippen LogP contribution is 2.21. The van der Waals surface area contributed by atoms with Crippen LogP contribution >= 0.6 is 34.5 Å². The van der Waals surface area contributed by atoms with Crippen LogP contribution in [0.1, 0.15) is 12.0 Å². The van der Waals surface area contributed by atoms with E-state index in [0.717, 1.165) is 5.56 Å². The number of hydrogen-bond donors (Lipinski definition) is 0. The second kappa shape index (κ2) is 8.55. The molecule has 0 saturated heterocycles. The Kier molecular flexibility index (Phi) is 5.85. The fourth-order valence-electron chi connectivity index (χ4n) is 2.95. The van der Waals surface area contributed by atoms with Crippen LogP contribution in [-0.2, 0) is 24.9 Å². The molecule has 0 saturated carbocycles. The maximum absolute atomic E-state index is 12.5. The molecular weight excluding hydrogens is 447 g/mol. The third-order valence-corrected chi connectivity index (χ3v) is 5.90. The Morgan fingerprint density at radius 1 is 1.27 bits per heavy atom. The van der Waals surface area contributed by atoms with E-state index >= 15 is 0 Å². The maximum Gasteiger partial charge on any atom is 0.264 e. The Morgan fingerprint density at radius 2 is 2.10 bits per heavy atom. The van der Waals surface area contributed by atoms with Crippen LogP contribution in [0.4, 0.5) is 0 Å². The SMILES string of the molecule is Cn1ncc2c(=O)n(CCC(=O)N=c3sccn3Cc3ccc(Cl)cc3Cl)cnc21. The van der Waals surface area contributed by atoms with Crippen LogP contribution in [0, 0.1) is 0 Å². The minimum Gasteiger partial charge on any atom is -0.319 e. The van der Waals surface area contributed by atoms with Gasteiger partial charge in [0.1, 0.15) is 5.39 Å². The van der Waals surface area contributed by atoms with E-state index in [0.29, 0.717) is 32.4 Å². The van der Waals surface area contributed by atoms with Crippen molar-refractivity contribution in [3.8, 4) is 0 Å². The number of amides is 1. The van der Waals surface area contributed by atoms with Crippen LogP contribution in [0.15, 0.2) is 52.1 Å². The quantitative estimate of drug-likeness (QED) is 0.456. The Balaban J connectivity index is 1.50. The van der Waals surface area contributed by atoms with Gasteiger partial charge in [0.25, 0.3) is 5.56 Å². The number of nitrogens with zero attached hydrogens (tertiary/aromatic N) is 6. The van der Waals surface area contributed by atoms with Crippen LogP contribution in [0.2, 0.25) is 10.0 Å². The Bertz CT molecular complexity index is 1370. The van der Waals surface area contributed by atoms with Crippen LogP contribution in [0.25, 0.3) is 11.0 Å². The largest absolute Gasteiger partial charge is 0.319 e. The number of hydrogen-bond acceptors (Lipinski definition) is 5. The number of carbonyl (C=O) groups is 1. The second-order valence-electron chi connectivity index (χ2n) is 6.55. The Morgan fingerprint density at radius 3 is 2.90 bits per heavy atom. The van der Waals surface area contributed by atoms with Gasteiger partial charge in [-0.15, -0.1) is 11.3 Å². The molecule has 0 atom stereocenters.